The fourth-order valence-corrected chi connectivity index (χ4v) is 2.22. The van der Waals surface area contributed by atoms with E-state index in [-0.39, 0.29) is 5.97 Å². The Morgan fingerprint density at radius 1 is 1.20 bits per heavy atom. The number of H-pyrrole nitrogens is 1. The first-order valence-electron chi connectivity index (χ1n) is 6.49. The second-order valence-electron chi connectivity index (χ2n) is 4.44. The number of hydrogen-bond acceptors (Lipinski definition) is 3. The van der Waals surface area contributed by atoms with Gasteiger partial charge in [0.2, 0.25) is 0 Å². The van der Waals surface area contributed by atoms with E-state index in [2.05, 4.69) is 16.3 Å². The molecule has 0 saturated carbocycles. The van der Waals surface area contributed by atoms with Crippen LogP contribution < -0.4 is 0 Å². The van der Waals surface area contributed by atoms with E-state index in [9.17, 15) is 4.79 Å². The van der Waals surface area contributed by atoms with Gasteiger partial charge in [-0.25, -0.2) is 4.79 Å². The normalized spacial score (nSPS) is 10.7. The summed E-state index contributed by atoms with van der Waals surface area (Å²) in [6, 6.07) is 14.2. The summed E-state index contributed by atoms with van der Waals surface area (Å²) < 4.78 is 5.03. The highest BCUT2D eigenvalue weighted by molar-refractivity contribution is 5.97. The molecule has 0 bridgehead atoms. The van der Waals surface area contributed by atoms with Crippen LogP contribution in [0.2, 0.25) is 0 Å². The van der Waals surface area contributed by atoms with Crippen LogP contribution in [0.4, 0.5) is 0 Å². The maximum Gasteiger partial charge on any atom is 0.356 e. The molecule has 0 radical (unpaired) electrons. The van der Waals surface area contributed by atoms with Gasteiger partial charge in [0.25, 0.3) is 0 Å². The Hall–Kier alpha value is -2.62. The van der Waals surface area contributed by atoms with Gasteiger partial charge in [-0.3, -0.25) is 5.10 Å². The second kappa shape index (κ2) is 5.17. The Labute approximate surface area is 116 Å². The number of hydrogen-bond donors (Lipinski definition) is 1. The van der Waals surface area contributed by atoms with Gasteiger partial charge >= 0.3 is 5.97 Å². The zero-order chi connectivity index (χ0) is 13.9. The van der Waals surface area contributed by atoms with Crippen molar-refractivity contribution >= 4 is 16.7 Å². The van der Waals surface area contributed by atoms with Crippen LogP contribution in [0.15, 0.2) is 48.7 Å². The maximum absolute atomic E-state index is 11.9. The number of nitrogens with zero attached hydrogens (tertiary/aromatic N) is 1. The second-order valence-corrected chi connectivity index (χ2v) is 4.44. The van der Waals surface area contributed by atoms with Crippen LogP contribution in [0.25, 0.3) is 21.9 Å². The lowest BCUT2D eigenvalue weighted by molar-refractivity contribution is 0.0520. The zero-order valence-corrected chi connectivity index (χ0v) is 11.1. The number of ether oxygens (including phenoxy) is 1. The molecule has 1 N–H and O–H groups in total. The highest BCUT2D eigenvalue weighted by Gasteiger charge is 2.16. The number of carbonyl (C=O) groups is 1. The number of nitrogens with one attached hydrogen (secondary N) is 1. The molecule has 3 aromatic rings. The molecule has 0 amide bonds. The SMILES string of the molecule is CCOC(=O)c1[nH]ncc1-c1ccc2ccccc2c1. The molecule has 0 aliphatic carbocycles. The molecule has 20 heavy (non-hydrogen) atoms. The summed E-state index contributed by atoms with van der Waals surface area (Å²) in [6.07, 6.45) is 1.65. The minimum Gasteiger partial charge on any atom is -0.461 e. The molecule has 0 saturated heterocycles. The molecular formula is C16H14N2O2. The van der Waals surface area contributed by atoms with Crippen molar-refractivity contribution < 1.29 is 9.53 Å². The van der Waals surface area contributed by atoms with Gasteiger partial charge in [0.05, 0.1) is 12.8 Å². The van der Waals surface area contributed by atoms with Gasteiger partial charge in [-0.2, -0.15) is 5.10 Å². The van der Waals surface area contributed by atoms with Crippen molar-refractivity contribution in [2.75, 3.05) is 6.61 Å². The third kappa shape index (κ3) is 2.16. The van der Waals surface area contributed by atoms with E-state index < -0.39 is 0 Å². The Morgan fingerprint density at radius 3 is 2.80 bits per heavy atom. The average Bonchev–Trinajstić information content (AvgIpc) is 2.96. The van der Waals surface area contributed by atoms with E-state index in [0.29, 0.717) is 12.3 Å². The van der Waals surface area contributed by atoms with E-state index in [0.717, 1.165) is 21.9 Å². The van der Waals surface area contributed by atoms with Crippen LogP contribution in [0.1, 0.15) is 17.4 Å². The maximum atomic E-state index is 11.9. The van der Waals surface area contributed by atoms with Crippen molar-refractivity contribution in [1.82, 2.24) is 10.2 Å². The van der Waals surface area contributed by atoms with Crippen molar-refractivity contribution in [3.63, 3.8) is 0 Å². The van der Waals surface area contributed by atoms with Gasteiger partial charge < -0.3 is 4.74 Å². The van der Waals surface area contributed by atoms with Gasteiger partial charge in [0.1, 0.15) is 0 Å². The van der Waals surface area contributed by atoms with Crippen molar-refractivity contribution in [1.29, 1.82) is 0 Å². The minimum atomic E-state index is -0.381. The van der Waals surface area contributed by atoms with Crippen LogP contribution in [-0.4, -0.2) is 22.8 Å². The predicted molar refractivity (Wildman–Crippen MR) is 77.5 cm³/mol. The van der Waals surface area contributed by atoms with Crippen molar-refractivity contribution in [3.05, 3.63) is 54.4 Å². The van der Waals surface area contributed by atoms with E-state index in [1.165, 1.54) is 0 Å². The van der Waals surface area contributed by atoms with Crippen molar-refractivity contribution in [3.8, 4) is 11.1 Å². The molecule has 0 spiro atoms. The van der Waals surface area contributed by atoms with Crippen LogP contribution in [0.3, 0.4) is 0 Å². The minimum absolute atomic E-state index is 0.342. The zero-order valence-electron chi connectivity index (χ0n) is 11.1. The molecule has 0 fully saturated rings. The summed E-state index contributed by atoms with van der Waals surface area (Å²) >= 11 is 0. The average molecular weight is 266 g/mol. The number of carbonyl (C=O) groups excluding carboxylic acids is 1. The lowest BCUT2D eigenvalue weighted by Crippen LogP contribution is -2.06. The van der Waals surface area contributed by atoms with E-state index in [1.807, 2.05) is 36.4 Å². The molecule has 0 aliphatic rings. The molecule has 0 aliphatic heterocycles. The van der Waals surface area contributed by atoms with Gasteiger partial charge in [-0.15, -0.1) is 0 Å². The Morgan fingerprint density at radius 2 is 2.00 bits per heavy atom. The third-order valence-corrected chi connectivity index (χ3v) is 3.18. The number of aromatic nitrogens is 2. The van der Waals surface area contributed by atoms with E-state index >= 15 is 0 Å². The largest absolute Gasteiger partial charge is 0.461 e. The Kier molecular flexibility index (Phi) is 3.21. The van der Waals surface area contributed by atoms with Crippen molar-refractivity contribution in [2.24, 2.45) is 0 Å². The van der Waals surface area contributed by atoms with Crippen LogP contribution in [0.5, 0.6) is 0 Å². The standard InChI is InChI=1S/C16H14N2O2/c1-2-20-16(19)15-14(10-17-18-15)13-8-7-11-5-3-4-6-12(11)9-13/h3-10H,2H2,1H3,(H,17,18). The molecule has 0 unspecified atom stereocenters. The first-order valence-corrected chi connectivity index (χ1v) is 6.49. The molecule has 100 valence electrons. The fourth-order valence-electron chi connectivity index (χ4n) is 2.22. The number of esters is 1. The summed E-state index contributed by atoms with van der Waals surface area (Å²) in [4.78, 5) is 11.9. The number of benzene rings is 2. The lowest BCUT2D eigenvalue weighted by Gasteiger charge is -2.05. The molecule has 4 nitrogen and oxygen atoms in total. The molecule has 4 heteroatoms. The highest BCUT2D eigenvalue weighted by Crippen LogP contribution is 2.26. The van der Waals surface area contributed by atoms with Gasteiger partial charge in [-0.05, 0) is 29.3 Å². The van der Waals surface area contributed by atoms with E-state index in [4.69, 9.17) is 4.74 Å². The molecule has 1 heterocycles. The fraction of sp³-hybridized carbons (Fsp3) is 0.125. The molecule has 1 aromatic heterocycles. The lowest BCUT2D eigenvalue weighted by atomic mass is 10.0. The first kappa shape index (κ1) is 12.4. The van der Waals surface area contributed by atoms with Crippen LogP contribution in [0, 0.1) is 0 Å². The predicted octanol–water partition coefficient (Wildman–Crippen LogP) is 3.41. The number of fused-ring (bicyclic) bond motifs is 1. The smallest absolute Gasteiger partial charge is 0.356 e. The topological polar surface area (TPSA) is 55.0 Å². The van der Waals surface area contributed by atoms with Crippen LogP contribution >= 0.6 is 0 Å². The molecule has 2 aromatic carbocycles. The van der Waals surface area contributed by atoms with Crippen molar-refractivity contribution in [2.45, 2.75) is 6.92 Å². The van der Waals surface area contributed by atoms with Crippen LogP contribution in [-0.2, 0) is 4.74 Å². The molecule has 0 atom stereocenters. The summed E-state index contributed by atoms with van der Waals surface area (Å²) in [5.74, 6) is -0.381. The third-order valence-electron chi connectivity index (χ3n) is 3.18. The Balaban J connectivity index is 2.07. The van der Waals surface area contributed by atoms with E-state index in [1.54, 1.807) is 13.1 Å². The first-order chi connectivity index (χ1) is 9.79. The monoisotopic (exact) mass is 266 g/mol. The quantitative estimate of drug-likeness (QED) is 0.739. The highest BCUT2D eigenvalue weighted by atomic mass is 16.5. The van der Waals surface area contributed by atoms with Gasteiger partial charge in [0.15, 0.2) is 5.69 Å². The summed E-state index contributed by atoms with van der Waals surface area (Å²) in [5.41, 5.74) is 2.09. The number of aromatic amines is 1. The van der Waals surface area contributed by atoms with Gasteiger partial charge in [0, 0.05) is 5.56 Å². The number of rotatable bonds is 3. The summed E-state index contributed by atoms with van der Waals surface area (Å²) in [6.45, 7) is 2.12. The Bertz CT molecular complexity index is 762. The molecule has 3 rings (SSSR count). The summed E-state index contributed by atoms with van der Waals surface area (Å²) in [7, 11) is 0. The van der Waals surface area contributed by atoms with Gasteiger partial charge in [-0.1, -0.05) is 36.4 Å². The molecular weight excluding hydrogens is 252 g/mol. The summed E-state index contributed by atoms with van der Waals surface area (Å²) in [5, 5.41) is 8.96.